The van der Waals surface area contributed by atoms with Crippen LogP contribution in [-0.2, 0) is 23.8 Å². The first-order chi connectivity index (χ1) is 15.2. The molecule has 3 rings (SSSR count). The van der Waals surface area contributed by atoms with Gasteiger partial charge in [-0.3, -0.25) is 24.0 Å². The van der Waals surface area contributed by atoms with E-state index in [-0.39, 0.29) is 41.4 Å². The number of rotatable bonds is 9. The van der Waals surface area contributed by atoms with E-state index in [4.69, 9.17) is 18.6 Å². The molecule has 0 radical (unpaired) electrons. The van der Waals surface area contributed by atoms with Crippen molar-refractivity contribution in [1.29, 1.82) is 0 Å². The van der Waals surface area contributed by atoms with E-state index in [1.54, 1.807) is 19.1 Å². The van der Waals surface area contributed by atoms with E-state index in [2.05, 4.69) is 6.58 Å². The van der Waals surface area contributed by atoms with Gasteiger partial charge in [-0.05, 0) is 13.0 Å². The lowest BCUT2D eigenvalue weighted by atomic mass is 9.88. The minimum Gasteiger partial charge on any atom is -0.495 e. The maximum atomic E-state index is 12.6. The lowest BCUT2D eigenvalue weighted by Gasteiger charge is -2.17. The largest absolute Gasteiger partial charge is 0.495 e. The number of hydrogen-bond acceptors (Lipinski definition) is 9. The maximum absolute atomic E-state index is 12.6. The van der Waals surface area contributed by atoms with Gasteiger partial charge in [0.1, 0.15) is 19.6 Å². The van der Waals surface area contributed by atoms with Crippen molar-refractivity contribution in [1.82, 2.24) is 0 Å². The third kappa shape index (κ3) is 5.00. The third-order valence-electron chi connectivity index (χ3n) is 4.46. The number of allylic oxidation sites excluding steroid dienone is 1. The summed E-state index contributed by atoms with van der Waals surface area (Å²) >= 11 is 0. The van der Waals surface area contributed by atoms with Crippen molar-refractivity contribution >= 4 is 29.3 Å². The van der Waals surface area contributed by atoms with Crippen LogP contribution in [0.1, 0.15) is 62.9 Å². The molecule has 0 fully saturated rings. The number of furan rings is 1. The Kier molecular flexibility index (Phi) is 6.67. The van der Waals surface area contributed by atoms with Gasteiger partial charge in [-0.15, -0.1) is 0 Å². The van der Waals surface area contributed by atoms with Crippen LogP contribution in [0.2, 0.25) is 0 Å². The quantitative estimate of drug-likeness (QED) is 0.214. The second-order valence-corrected chi connectivity index (χ2v) is 7.08. The molecule has 166 valence electrons. The number of carbonyl (C=O) groups is 5. The highest BCUT2D eigenvalue weighted by molar-refractivity contribution is 6.28. The van der Waals surface area contributed by atoms with Crippen molar-refractivity contribution in [2.45, 2.75) is 26.4 Å². The van der Waals surface area contributed by atoms with Crippen molar-refractivity contribution in [2.75, 3.05) is 13.2 Å². The molecular formula is C23H20O9. The van der Waals surface area contributed by atoms with Gasteiger partial charge < -0.3 is 18.6 Å². The Morgan fingerprint density at radius 2 is 1.59 bits per heavy atom. The predicted octanol–water partition coefficient (Wildman–Crippen LogP) is 2.65. The van der Waals surface area contributed by atoms with Crippen LogP contribution in [0, 0.1) is 0 Å². The van der Waals surface area contributed by atoms with Crippen molar-refractivity contribution in [3.05, 3.63) is 70.9 Å². The van der Waals surface area contributed by atoms with E-state index >= 15 is 0 Å². The van der Waals surface area contributed by atoms with E-state index in [0.29, 0.717) is 5.76 Å². The Bertz CT molecular complexity index is 1070. The zero-order valence-corrected chi connectivity index (χ0v) is 17.5. The van der Waals surface area contributed by atoms with Crippen molar-refractivity contribution in [3.63, 3.8) is 0 Å². The van der Waals surface area contributed by atoms with E-state index in [9.17, 15) is 24.0 Å². The second kappa shape index (κ2) is 9.42. The van der Waals surface area contributed by atoms with Gasteiger partial charge in [0.05, 0.1) is 11.3 Å². The molecule has 1 aromatic carbocycles. The van der Waals surface area contributed by atoms with Gasteiger partial charge in [0.2, 0.25) is 11.6 Å². The highest BCUT2D eigenvalue weighted by atomic mass is 16.6. The zero-order chi connectivity index (χ0) is 23.4. The van der Waals surface area contributed by atoms with E-state index in [1.165, 1.54) is 19.1 Å². The first kappa shape index (κ1) is 22.7. The number of ketones is 3. The van der Waals surface area contributed by atoms with Crippen LogP contribution >= 0.6 is 0 Å². The molecule has 0 saturated carbocycles. The van der Waals surface area contributed by atoms with E-state index in [0.717, 1.165) is 6.07 Å². The summed E-state index contributed by atoms with van der Waals surface area (Å²) in [6.45, 7) is 5.94. The summed E-state index contributed by atoms with van der Waals surface area (Å²) in [5.41, 5.74) is 0.376. The monoisotopic (exact) mass is 440 g/mol. The molecule has 1 aromatic heterocycles. The van der Waals surface area contributed by atoms with Gasteiger partial charge in [-0.2, -0.15) is 0 Å². The number of ether oxygens (including phenoxy) is 3. The van der Waals surface area contributed by atoms with Gasteiger partial charge in [0, 0.05) is 18.1 Å². The Morgan fingerprint density at radius 3 is 2.22 bits per heavy atom. The fourth-order valence-electron chi connectivity index (χ4n) is 3.05. The van der Waals surface area contributed by atoms with Crippen molar-refractivity contribution in [3.8, 4) is 0 Å². The Balaban J connectivity index is 1.64. The number of carbonyl (C=O) groups excluding carboxylic acids is 5. The number of fused-ring (bicyclic) bond motifs is 2. The summed E-state index contributed by atoms with van der Waals surface area (Å²) in [5.74, 6) is -3.38. The molecule has 2 aromatic rings. The van der Waals surface area contributed by atoms with Crippen molar-refractivity contribution in [2.24, 2.45) is 0 Å². The molecule has 1 aliphatic rings. The number of hydrogen-bond donors (Lipinski definition) is 0. The fraction of sp³-hybridized carbons (Fsp3) is 0.261. The highest BCUT2D eigenvalue weighted by Crippen LogP contribution is 2.30. The van der Waals surface area contributed by atoms with Gasteiger partial charge in [-0.1, -0.05) is 30.8 Å². The fourth-order valence-corrected chi connectivity index (χ4v) is 3.05. The topological polar surface area (TPSA) is 126 Å². The molecule has 1 heterocycles. The SMILES string of the molecule is C=C(C)OCC(COC(=O)CC(=O)c1cc2c(o1)C(=O)c1ccccc1C2=O)OC(C)=O. The van der Waals surface area contributed by atoms with E-state index in [1.807, 2.05) is 0 Å². The normalized spacial score (nSPS) is 12.9. The molecule has 32 heavy (non-hydrogen) atoms. The molecule has 1 atom stereocenters. The minimum atomic E-state index is -0.905. The van der Waals surface area contributed by atoms with Crippen LogP contribution in [0.5, 0.6) is 0 Å². The van der Waals surface area contributed by atoms with Crippen LogP contribution in [0.4, 0.5) is 0 Å². The predicted molar refractivity (Wildman–Crippen MR) is 108 cm³/mol. The molecule has 0 spiro atoms. The molecule has 9 heteroatoms. The van der Waals surface area contributed by atoms with E-state index < -0.39 is 41.8 Å². The first-order valence-electron chi connectivity index (χ1n) is 9.64. The standard InChI is InChI=1S/C23H20O9/c1-12(2)29-10-14(31-13(3)24)11-30-20(26)9-18(25)19-8-17-21(27)15-6-4-5-7-16(15)22(28)23(17)32-19/h4-8,14H,1,9-11H2,2-3H3. The lowest BCUT2D eigenvalue weighted by Crippen LogP contribution is -2.29. The summed E-state index contributed by atoms with van der Waals surface area (Å²) < 4.78 is 20.5. The molecule has 0 N–H and O–H groups in total. The highest BCUT2D eigenvalue weighted by Gasteiger charge is 2.34. The Hall–Kier alpha value is -4.01. The lowest BCUT2D eigenvalue weighted by molar-refractivity contribution is -0.159. The minimum absolute atomic E-state index is 0.0303. The Morgan fingerprint density at radius 1 is 0.969 bits per heavy atom. The molecule has 9 nitrogen and oxygen atoms in total. The Labute approximate surface area is 182 Å². The van der Waals surface area contributed by atoms with Gasteiger partial charge in [0.25, 0.3) is 0 Å². The average Bonchev–Trinajstić information content (AvgIpc) is 3.20. The molecular weight excluding hydrogens is 420 g/mol. The number of benzene rings is 1. The number of Topliss-reactive ketones (excluding diaryl/α,β-unsaturated/α-hetero) is 1. The van der Waals surface area contributed by atoms with Crippen LogP contribution in [0.25, 0.3) is 0 Å². The molecule has 0 bridgehead atoms. The molecule has 1 unspecified atom stereocenters. The summed E-state index contributed by atoms with van der Waals surface area (Å²) in [7, 11) is 0. The molecule has 1 aliphatic carbocycles. The van der Waals surface area contributed by atoms with Gasteiger partial charge in [0.15, 0.2) is 23.4 Å². The van der Waals surface area contributed by atoms with Gasteiger partial charge in [-0.25, -0.2) is 0 Å². The molecule has 0 aliphatic heterocycles. The van der Waals surface area contributed by atoms with Crippen molar-refractivity contribution < 1.29 is 42.6 Å². The van der Waals surface area contributed by atoms with Crippen LogP contribution in [0.15, 0.2) is 47.1 Å². The molecule has 0 saturated heterocycles. The third-order valence-corrected chi connectivity index (χ3v) is 4.46. The summed E-state index contributed by atoms with van der Waals surface area (Å²) in [6.07, 6.45) is -1.58. The molecule has 0 amide bonds. The zero-order valence-electron chi connectivity index (χ0n) is 17.5. The summed E-state index contributed by atoms with van der Waals surface area (Å²) in [4.78, 5) is 60.9. The van der Waals surface area contributed by atoms with Crippen LogP contribution in [0.3, 0.4) is 0 Å². The smallest absolute Gasteiger partial charge is 0.313 e. The summed E-state index contributed by atoms with van der Waals surface area (Å²) in [5, 5.41) is 0. The number of esters is 2. The van der Waals surface area contributed by atoms with Gasteiger partial charge >= 0.3 is 11.9 Å². The first-order valence-corrected chi connectivity index (χ1v) is 9.64. The second-order valence-electron chi connectivity index (χ2n) is 7.08. The van der Waals surface area contributed by atoms with Crippen LogP contribution < -0.4 is 0 Å². The van der Waals surface area contributed by atoms with Crippen LogP contribution in [-0.4, -0.2) is 48.6 Å². The maximum Gasteiger partial charge on any atom is 0.313 e. The summed E-state index contributed by atoms with van der Waals surface area (Å²) in [6, 6.07) is 7.41. The average molecular weight is 440 g/mol.